The predicted molar refractivity (Wildman–Crippen MR) is 146 cm³/mol. The van der Waals surface area contributed by atoms with Crippen LogP contribution in [0, 0.1) is 0 Å². The summed E-state index contributed by atoms with van der Waals surface area (Å²) in [6.45, 7) is 8.46. The number of thioether (sulfide) groups is 1. The highest BCUT2D eigenvalue weighted by Gasteiger charge is 2.19. The molecule has 4 rings (SSSR count). The van der Waals surface area contributed by atoms with Gasteiger partial charge in [0.2, 0.25) is 5.91 Å². The number of carbonyl (C=O) groups excluding carboxylic acids is 1. The normalized spacial score (nSPS) is 11.4. The summed E-state index contributed by atoms with van der Waals surface area (Å²) >= 11 is 7.66. The first-order valence-electron chi connectivity index (χ1n) is 11.6. The third-order valence-electron chi connectivity index (χ3n) is 5.81. The van der Waals surface area contributed by atoms with Crippen molar-refractivity contribution in [3.8, 4) is 5.69 Å². The fraction of sp³-hybridized carbons (Fsp3) is 0.250. The average Bonchev–Trinajstić information content (AvgIpc) is 2.83. The molecule has 35 heavy (non-hydrogen) atoms. The van der Waals surface area contributed by atoms with Crippen LogP contribution >= 0.6 is 23.4 Å². The summed E-state index contributed by atoms with van der Waals surface area (Å²) in [7, 11) is 0. The lowest BCUT2D eigenvalue weighted by atomic mass is 9.92. The maximum atomic E-state index is 13.4. The number of fused-ring (bicyclic) bond motifs is 1. The second-order valence-corrected chi connectivity index (χ2v) is 10.3. The van der Waals surface area contributed by atoms with E-state index in [4.69, 9.17) is 16.6 Å². The number of para-hydroxylation sites is 3. The molecule has 0 fully saturated rings. The van der Waals surface area contributed by atoms with Gasteiger partial charge in [0, 0.05) is 5.69 Å². The SMILES string of the molecule is CC(C)c1cccc(C(C)C)c1NC(=O)CSc1nc2ccccc2c(=O)n1-c1ccccc1Cl. The molecule has 0 aliphatic carbocycles. The van der Waals surface area contributed by atoms with E-state index in [1.54, 1.807) is 30.3 Å². The van der Waals surface area contributed by atoms with E-state index in [9.17, 15) is 9.59 Å². The molecular weight excluding hydrogens is 478 g/mol. The van der Waals surface area contributed by atoms with E-state index in [2.05, 4.69) is 45.1 Å². The van der Waals surface area contributed by atoms with E-state index >= 15 is 0 Å². The predicted octanol–water partition coefficient (Wildman–Crippen LogP) is 7.02. The molecule has 0 bridgehead atoms. The number of nitrogens with one attached hydrogen (secondary N) is 1. The summed E-state index contributed by atoms with van der Waals surface area (Å²) in [6.07, 6.45) is 0. The van der Waals surface area contributed by atoms with Crippen molar-refractivity contribution in [2.24, 2.45) is 0 Å². The van der Waals surface area contributed by atoms with Crippen molar-refractivity contribution in [3.05, 3.63) is 93.2 Å². The quantitative estimate of drug-likeness (QED) is 0.216. The van der Waals surface area contributed by atoms with Gasteiger partial charge in [0.25, 0.3) is 5.56 Å². The van der Waals surface area contributed by atoms with E-state index in [1.165, 1.54) is 16.3 Å². The molecular formula is C28H28ClN3O2S. The van der Waals surface area contributed by atoms with Crippen molar-refractivity contribution in [1.82, 2.24) is 9.55 Å². The number of hydrogen-bond donors (Lipinski definition) is 1. The van der Waals surface area contributed by atoms with Gasteiger partial charge in [-0.05, 0) is 47.2 Å². The number of anilines is 1. The number of rotatable bonds is 7. The minimum absolute atomic E-state index is 0.0964. The summed E-state index contributed by atoms with van der Waals surface area (Å²) in [5.74, 6) is 0.477. The maximum Gasteiger partial charge on any atom is 0.266 e. The van der Waals surface area contributed by atoms with Crippen molar-refractivity contribution >= 4 is 45.9 Å². The molecule has 1 heterocycles. The smallest absolute Gasteiger partial charge is 0.266 e. The highest BCUT2D eigenvalue weighted by Crippen LogP contribution is 2.33. The second-order valence-electron chi connectivity index (χ2n) is 8.96. The van der Waals surface area contributed by atoms with Crippen LogP contribution in [0.4, 0.5) is 5.69 Å². The molecule has 0 radical (unpaired) electrons. The summed E-state index contributed by atoms with van der Waals surface area (Å²) in [5.41, 5.74) is 3.97. The molecule has 3 aromatic carbocycles. The third kappa shape index (κ3) is 5.29. The average molecular weight is 506 g/mol. The Labute approximate surface area is 214 Å². The molecule has 4 aromatic rings. The number of carbonyl (C=O) groups is 1. The summed E-state index contributed by atoms with van der Waals surface area (Å²) in [5, 5.41) is 4.48. The van der Waals surface area contributed by atoms with Crippen molar-refractivity contribution in [3.63, 3.8) is 0 Å². The van der Waals surface area contributed by atoms with Crippen molar-refractivity contribution < 1.29 is 4.79 Å². The van der Waals surface area contributed by atoms with Crippen molar-refractivity contribution in [2.75, 3.05) is 11.1 Å². The fourth-order valence-corrected chi connectivity index (χ4v) is 5.08. The van der Waals surface area contributed by atoms with Gasteiger partial charge in [0.05, 0.1) is 27.4 Å². The van der Waals surface area contributed by atoms with Crippen molar-refractivity contribution in [2.45, 2.75) is 44.7 Å². The highest BCUT2D eigenvalue weighted by atomic mass is 35.5. The molecule has 1 amide bonds. The van der Waals surface area contributed by atoms with Crippen LogP contribution in [-0.2, 0) is 4.79 Å². The summed E-state index contributed by atoms with van der Waals surface area (Å²) in [4.78, 5) is 31.3. The Morgan fingerprint density at radius 3 is 2.23 bits per heavy atom. The van der Waals surface area contributed by atoms with Gasteiger partial charge >= 0.3 is 0 Å². The molecule has 5 nitrogen and oxygen atoms in total. The van der Waals surface area contributed by atoms with E-state index in [0.29, 0.717) is 26.8 Å². The zero-order chi connectivity index (χ0) is 25.1. The summed E-state index contributed by atoms with van der Waals surface area (Å²) < 4.78 is 1.49. The van der Waals surface area contributed by atoms with E-state index < -0.39 is 0 Å². The van der Waals surface area contributed by atoms with Crippen LogP contribution in [0.3, 0.4) is 0 Å². The van der Waals surface area contributed by atoms with Crippen molar-refractivity contribution in [1.29, 1.82) is 0 Å². The lowest BCUT2D eigenvalue weighted by molar-refractivity contribution is -0.113. The minimum Gasteiger partial charge on any atom is -0.325 e. The summed E-state index contributed by atoms with van der Waals surface area (Å²) in [6, 6.07) is 20.5. The van der Waals surface area contributed by atoms with Gasteiger partial charge in [-0.3, -0.25) is 14.2 Å². The van der Waals surface area contributed by atoms with E-state index in [1.807, 2.05) is 24.3 Å². The van der Waals surface area contributed by atoms with E-state index in [-0.39, 0.29) is 29.1 Å². The van der Waals surface area contributed by atoms with Crippen LogP contribution in [0.2, 0.25) is 5.02 Å². The number of amides is 1. The first-order chi connectivity index (χ1) is 16.8. The molecule has 0 aliphatic rings. The zero-order valence-corrected chi connectivity index (χ0v) is 21.8. The molecule has 0 saturated carbocycles. The number of hydrogen-bond acceptors (Lipinski definition) is 4. The topological polar surface area (TPSA) is 64.0 Å². The van der Waals surface area contributed by atoms with Gasteiger partial charge in [-0.2, -0.15) is 0 Å². The molecule has 0 saturated heterocycles. The largest absolute Gasteiger partial charge is 0.325 e. The highest BCUT2D eigenvalue weighted by molar-refractivity contribution is 7.99. The van der Waals surface area contributed by atoms with Crippen LogP contribution in [-0.4, -0.2) is 21.2 Å². The van der Waals surface area contributed by atoms with Gasteiger partial charge < -0.3 is 5.32 Å². The molecule has 180 valence electrons. The Hall–Kier alpha value is -3.09. The number of halogens is 1. The van der Waals surface area contributed by atoms with Crippen LogP contribution in [0.15, 0.2) is 76.7 Å². The minimum atomic E-state index is -0.223. The van der Waals surface area contributed by atoms with Crippen LogP contribution in [0.5, 0.6) is 0 Å². The Morgan fingerprint density at radius 2 is 1.57 bits per heavy atom. The van der Waals surface area contributed by atoms with Gasteiger partial charge in [0.15, 0.2) is 5.16 Å². The molecule has 0 atom stereocenters. The molecule has 1 aromatic heterocycles. The number of nitrogens with zero attached hydrogens (tertiary/aromatic N) is 2. The van der Waals surface area contributed by atoms with Gasteiger partial charge in [0.1, 0.15) is 0 Å². The lowest BCUT2D eigenvalue weighted by Crippen LogP contribution is -2.23. The Kier molecular flexibility index (Phi) is 7.63. The maximum absolute atomic E-state index is 13.4. The fourth-order valence-electron chi connectivity index (χ4n) is 4.06. The number of aromatic nitrogens is 2. The monoisotopic (exact) mass is 505 g/mol. The first kappa shape index (κ1) is 25.0. The Balaban J connectivity index is 1.69. The van der Waals surface area contributed by atoms with Crippen LogP contribution in [0.25, 0.3) is 16.6 Å². The van der Waals surface area contributed by atoms with Gasteiger partial charge in [-0.25, -0.2) is 4.98 Å². The zero-order valence-electron chi connectivity index (χ0n) is 20.2. The van der Waals surface area contributed by atoms with Crippen LogP contribution < -0.4 is 10.9 Å². The standard InChI is InChI=1S/C28H28ClN3O2S/c1-17(2)19-11-9-12-20(18(3)4)26(19)31-25(33)16-35-28-30-23-14-7-5-10-21(23)27(34)32(28)24-15-8-6-13-22(24)29/h5-15,17-18H,16H2,1-4H3,(H,31,33). The first-order valence-corrected chi connectivity index (χ1v) is 13.0. The third-order valence-corrected chi connectivity index (χ3v) is 7.07. The van der Waals surface area contributed by atoms with Gasteiger partial charge in [-0.15, -0.1) is 0 Å². The van der Waals surface area contributed by atoms with Gasteiger partial charge in [-0.1, -0.05) is 93.5 Å². The Morgan fingerprint density at radius 1 is 0.943 bits per heavy atom. The van der Waals surface area contributed by atoms with E-state index in [0.717, 1.165) is 16.8 Å². The molecule has 0 spiro atoms. The van der Waals surface area contributed by atoms with Crippen LogP contribution in [0.1, 0.15) is 50.7 Å². The molecule has 7 heteroatoms. The number of benzene rings is 3. The lowest BCUT2D eigenvalue weighted by Gasteiger charge is -2.20. The molecule has 0 unspecified atom stereocenters. The molecule has 1 N–H and O–H groups in total. The Bertz CT molecular complexity index is 1420. The second kappa shape index (κ2) is 10.7. The molecule has 0 aliphatic heterocycles.